The molecule has 0 aromatic rings. The molecule has 4 saturated carbocycles. The quantitative estimate of drug-likeness (QED) is 0.576. The molecule has 7 heteroatoms. The number of nitrogens with one attached hydrogen (secondary N) is 2. The number of hydrogen-bond donors (Lipinski definition) is 2. The molecule has 23 heavy (non-hydrogen) atoms. The third kappa shape index (κ3) is 3.32. The molecular formula is C16H23ClN2O4. The molecule has 4 aliphatic carbocycles. The van der Waals surface area contributed by atoms with E-state index in [1.165, 1.54) is 7.05 Å². The first-order chi connectivity index (χ1) is 10.8. The third-order valence-electron chi connectivity index (χ3n) is 5.48. The monoisotopic (exact) mass is 342 g/mol. The molecular weight excluding hydrogens is 320 g/mol. The van der Waals surface area contributed by atoms with Crippen LogP contribution in [0.2, 0.25) is 0 Å². The van der Waals surface area contributed by atoms with Crippen molar-refractivity contribution in [2.24, 2.45) is 17.3 Å². The molecule has 0 saturated heterocycles. The fraction of sp³-hybridized carbons (Fsp3) is 0.812. The van der Waals surface area contributed by atoms with Gasteiger partial charge in [0.05, 0.1) is 12.0 Å². The van der Waals surface area contributed by atoms with E-state index in [0.29, 0.717) is 18.3 Å². The molecule has 2 amide bonds. The minimum absolute atomic E-state index is 0.118. The van der Waals surface area contributed by atoms with E-state index in [1.807, 2.05) is 0 Å². The van der Waals surface area contributed by atoms with Gasteiger partial charge >= 0.3 is 5.97 Å². The summed E-state index contributed by atoms with van der Waals surface area (Å²) in [6, 6.07) is 0. The largest absolute Gasteiger partial charge is 0.455 e. The van der Waals surface area contributed by atoms with Crippen molar-refractivity contribution < 1.29 is 19.1 Å². The molecule has 0 aliphatic heterocycles. The lowest BCUT2D eigenvalue weighted by Gasteiger charge is -2.58. The maximum Gasteiger partial charge on any atom is 0.312 e. The van der Waals surface area contributed by atoms with Gasteiger partial charge in [0.1, 0.15) is 0 Å². The number of hydrogen-bond acceptors (Lipinski definition) is 4. The van der Waals surface area contributed by atoms with E-state index in [4.69, 9.17) is 16.3 Å². The highest BCUT2D eigenvalue weighted by Crippen LogP contribution is 2.64. The average molecular weight is 343 g/mol. The number of halogens is 1. The van der Waals surface area contributed by atoms with Gasteiger partial charge in [0.25, 0.3) is 5.91 Å². The van der Waals surface area contributed by atoms with Crippen LogP contribution in [-0.4, -0.2) is 42.9 Å². The lowest BCUT2D eigenvalue weighted by atomic mass is 9.49. The van der Waals surface area contributed by atoms with Gasteiger partial charge in [-0.3, -0.25) is 14.4 Å². The standard InChI is InChI=1S/C16H23ClN2O4/c1-18-12(20)7-19-13(21)8-23-14(22)15-3-10-2-11(4-15)6-16(17,5-10)9-15/h10-11H,2-9H2,1H3,(H,18,20)(H,19,21)/t10-,11+,15?,16?. The lowest BCUT2D eigenvalue weighted by Crippen LogP contribution is -2.56. The number of carbonyl (C=O) groups excluding carboxylic acids is 3. The number of alkyl halides is 1. The van der Waals surface area contributed by atoms with Gasteiger partial charge < -0.3 is 15.4 Å². The van der Waals surface area contributed by atoms with E-state index in [-0.39, 0.29) is 29.9 Å². The van der Waals surface area contributed by atoms with Crippen LogP contribution in [0.1, 0.15) is 38.5 Å². The SMILES string of the molecule is CNC(=O)CNC(=O)COC(=O)C12C[C@@H]3C[C@@H](CC(Cl)(C3)C1)C2. The summed E-state index contributed by atoms with van der Waals surface area (Å²) in [7, 11) is 1.49. The molecule has 2 unspecified atom stereocenters. The van der Waals surface area contributed by atoms with Crippen LogP contribution < -0.4 is 10.6 Å². The van der Waals surface area contributed by atoms with Crippen LogP contribution >= 0.6 is 11.6 Å². The van der Waals surface area contributed by atoms with E-state index in [1.54, 1.807) is 0 Å². The Morgan fingerprint density at radius 1 is 1.13 bits per heavy atom. The molecule has 2 N–H and O–H groups in total. The molecule has 0 aromatic carbocycles. The first kappa shape index (κ1) is 16.6. The van der Waals surface area contributed by atoms with Gasteiger partial charge in [-0.05, 0) is 50.4 Å². The normalized spacial score (nSPS) is 37.3. The summed E-state index contributed by atoms with van der Waals surface area (Å²) in [6.07, 6.45) is 5.47. The highest BCUT2D eigenvalue weighted by Gasteiger charge is 2.60. The van der Waals surface area contributed by atoms with Crippen molar-refractivity contribution in [1.82, 2.24) is 10.6 Å². The van der Waals surface area contributed by atoms with Crippen molar-refractivity contribution in [3.63, 3.8) is 0 Å². The number of carbonyl (C=O) groups is 3. The maximum absolute atomic E-state index is 12.6. The van der Waals surface area contributed by atoms with E-state index in [9.17, 15) is 14.4 Å². The van der Waals surface area contributed by atoms with Gasteiger partial charge in [-0.25, -0.2) is 0 Å². The zero-order valence-corrected chi connectivity index (χ0v) is 14.1. The second-order valence-electron chi connectivity index (χ2n) is 7.42. The summed E-state index contributed by atoms with van der Waals surface area (Å²) < 4.78 is 5.26. The van der Waals surface area contributed by atoms with Crippen molar-refractivity contribution in [2.45, 2.75) is 43.4 Å². The second kappa shape index (κ2) is 5.96. The molecule has 4 fully saturated rings. The zero-order chi connectivity index (χ0) is 16.7. The molecule has 4 aliphatic rings. The average Bonchev–Trinajstić information content (AvgIpc) is 2.47. The summed E-state index contributed by atoms with van der Waals surface area (Å²) in [6.45, 7) is -0.463. The Bertz CT molecular complexity index is 522. The highest BCUT2D eigenvalue weighted by molar-refractivity contribution is 6.24. The van der Waals surface area contributed by atoms with Gasteiger partial charge in [0.2, 0.25) is 5.91 Å². The molecule has 4 atom stereocenters. The molecule has 0 heterocycles. The predicted molar refractivity (Wildman–Crippen MR) is 83.7 cm³/mol. The van der Waals surface area contributed by atoms with E-state index in [0.717, 1.165) is 32.1 Å². The zero-order valence-electron chi connectivity index (χ0n) is 13.3. The Kier molecular flexibility index (Phi) is 4.29. The number of likely N-dealkylation sites (N-methyl/N-ethyl adjacent to an activating group) is 1. The summed E-state index contributed by atoms with van der Waals surface area (Å²) >= 11 is 6.70. The number of rotatable bonds is 5. The third-order valence-corrected chi connectivity index (χ3v) is 5.92. The fourth-order valence-corrected chi connectivity index (χ4v) is 5.68. The summed E-state index contributed by atoms with van der Waals surface area (Å²) in [4.78, 5) is 35.1. The maximum atomic E-state index is 12.6. The van der Waals surface area contributed by atoms with Crippen molar-refractivity contribution in [2.75, 3.05) is 20.2 Å². The molecule has 0 spiro atoms. The van der Waals surface area contributed by atoms with Crippen LogP contribution in [-0.2, 0) is 19.1 Å². The highest BCUT2D eigenvalue weighted by atomic mass is 35.5. The van der Waals surface area contributed by atoms with Crippen LogP contribution in [0, 0.1) is 17.3 Å². The van der Waals surface area contributed by atoms with E-state index < -0.39 is 11.3 Å². The van der Waals surface area contributed by atoms with E-state index >= 15 is 0 Å². The Labute approximate surface area is 140 Å². The molecule has 4 bridgehead atoms. The Balaban J connectivity index is 1.54. The Hall–Kier alpha value is -1.30. The van der Waals surface area contributed by atoms with Crippen molar-refractivity contribution >= 4 is 29.4 Å². The van der Waals surface area contributed by atoms with Crippen LogP contribution in [0.4, 0.5) is 0 Å². The first-order valence-corrected chi connectivity index (χ1v) is 8.55. The van der Waals surface area contributed by atoms with Gasteiger partial charge in [-0.1, -0.05) is 0 Å². The van der Waals surface area contributed by atoms with Gasteiger partial charge in [-0.2, -0.15) is 0 Å². The van der Waals surface area contributed by atoms with Crippen LogP contribution in [0.3, 0.4) is 0 Å². The summed E-state index contributed by atoms with van der Waals surface area (Å²) in [5, 5.41) is 4.82. The van der Waals surface area contributed by atoms with Crippen molar-refractivity contribution in [1.29, 1.82) is 0 Å². The van der Waals surface area contributed by atoms with Crippen LogP contribution in [0.15, 0.2) is 0 Å². The molecule has 0 aromatic heterocycles. The smallest absolute Gasteiger partial charge is 0.312 e. The Morgan fingerprint density at radius 2 is 1.78 bits per heavy atom. The van der Waals surface area contributed by atoms with Gasteiger partial charge in [0, 0.05) is 11.9 Å². The van der Waals surface area contributed by atoms with Gasteiger partial charge in [0.15, 0.2) is 6.61 Å². The Morgan fingerprint density at radius 3 is 2.35 bits per heavy atom. The van der Waals surface area contributed by atoms with Crippen LogP contribution in [0.25, 0.3) is 0 Å². The molecule has 0 radical (unpaired) electrons. The molecule has 4 rings (SSSR count). The topological polar surface area (TPSA) is 84.5 Å². The molecule has 6 nitrogen and oxygen atoms in total. The summed E-state index contributed by atoms with van der Waals surface area (Å²) in [5.41, 5.74) is -0.507. The fourth-order valence-electron chi connectivity index (χ4n) is 4.99. The summed E-state index contributed by atoms with van der Waals surface area (Å²) in [5.74, 6) is -0.0550. The van der Waals surface area contributed by atoms with Gasteiger partial charge in [-0.15, -0.1) is 11.6 Å². The van der Waals surface area contributed by atoms with Crippen molar-refractivity contribution in [3.05, 3.63) is 0 Å². The lowest BCUT2D eigenvalue weighted by molar-refractivity contribution is -0.171. The predicted octanol–water partition coefficient (Wildman–Crippen LogP) is 0.970. The minimum Gasteiger partial charge on any atom is -0.455 e. The second-order valence-corrected chi connectivity index (χ2v) is 8.22. The minimum atomic E-state index is -0.507. The number of amides is 2. The van der Waals surface area contributed by atoms with Crippen LogP contribution in [0.5, 0.6) is 0 Å². The first-order valence-electron chi connectivity index (χ1n) is 8.18. The number of esters is 1. The van der Waals surface area contributed by atoms with Crippen molar-refractivity contribution in [3.8, 4) is 0 Å². The van der Waals surface area contributed by atoms with E-state index in [2.05, 4.69) is 10.6 Å². The number of ether oxygens (including phenoxy) is 1. The molecule has 128 valence electrons.